The van der Waals surface area contributed by atoms with Crippen molar-refractivity contribution >= 4 is 39.8 Å². The van der Waals surface area contributed by atoms with Gasteiger partial charge in [-0.3, -0.25) is 10.1 Å². The average molecular weight is 438 g/mol. The van der Waals surface area contributed by atoms with E-state index in [0.717, 1.165) is 23.0 Å². The molecule has 6 nitrogen and oxygen atoms in total. The van der Waals surface area contributed by atoms with Crippen molar-refractivity contribution in [1.29, 1.82) is 0 Å². The number of rotatable bonds is 4. The number of alkyl halides is 3. The first-order valence-corrected chi connectivity index (χ1v) is 9.28. The highest BCUT2D eigenvalue weighted by molar-refractivity contribution is 7.14. The minimum absolute atomic E-state index is 0.111. The van der Waals surface area contributed by atoms with Crippen LogP contribution in [0.3, 0.4) is 0 Å². The van der Waals surface area contributed by atoms with Crippen molar-refractivity contribution in [2.24, 2.45) is 0 Å². The van der Waals surface area contributed by atoms with E-state index >= 15 is 0 Å². The van der Waals surface area contributed by atoms with Crippen molar-refractivity contribution < 1.29 is 27.2 Å². The van der Waals surface area contributed by atoms with Crippen LogP contribution in [0.1, 0.15) is 21.6 Å². The average Bonchev–Trinajstić information content (AvgIpc) is 3.11. The van der Waals surface area contributed by atoms with E-state index in [0.29, 0.717) is 17.8 Å². The number of benzene rings is 2. The minimum atomic E-state index is -4.90. The second-order valence-electron chi connectivity index (χ2n) is 6.13. The van der Waals surface area contributed by atoms with E-state index in [1.807, 2.05) is 13.0 Å². The van der Waals surface area contributed by atoms with Gasteiger partial charge >= 0.3 is 12.2 Å². The molecule has 1 heterocycles. The molecular formula is C19H14F4N4O2S. The predicted octanol–water partition coefficient (Wildman–Crippen LogP) is 5.51. The fourth-order valence-electron chi connectivity index (χ4n) is 2.43. The molecule has 3 amide bonds. The zero-order valence-electron chi connectivity index (χ0n) is 15.3. The van der Waals surface area contributed by atoms with Crippen molar-refractivity contribution in [2.45, 2.75) is 13.1 Å². The van der Waals surface area contributed by atoms with Crippen molar-refractivity contribution in [3.8, 4) is 0 Å². The Morgan fingerprint density at radius 1 is 1.00 bits per heavy atom. The number of carbonyl (C=O) groups excluding carboxylic acids is 2. The third-order valence-electron chi connectivity index (χ3n) is 3.76. The van der Waals surface area contributed by atoms with Crippen molar-refractivity contribution in [1.82, 2.24) is 4.98 Å². The fraction of sp³-hybridized carbons (Fsp3) is 0.105. The number of aryl methyl sites for hydroxylation is 1. The molecular weight excluding hydrogens is 424 g/mol. The summed E-state index contributed by atoms with van der Waals surface area (Å²) in [6.45, 7) is 1.87. The van der Waals surface area contributed by atoms with Gasteiger partial charge in [0.15, 0.2) is 5.13 Å². The zero-order chi connectivity index (χ0) is 21.9. The summed E-state index contributed by atoms with van der Waals surface area (Å²) in [5, 5.41) is 8.73. The Morgan fingerprint density at radius 3 is 2.43 bits per heavy atom. The SMILES string of the molecule is Cc1cccc(NC(=O)Nc2nc(C(=O)Nc3ccc(F)c(C(F)(F)F)c3)cs2)c1. The maximum atomic E-state index is 13.3. The molecule has 11 heteroatoms. The molecule has 0 atom stereocenters. The van der Waals surface area contributed by atoms with E-state index < -0.39 is 29.5 Å². The summed E-state index contributed by atoms with van der Waals surface area (Å²) in [7, 11) is 0. The number of nitrogens with one attached hydrogen (secondary N) is 3. The number of thiazole rings is 1. The molecule has 0 saturated carbocycles. The van der Waals surface area contributed by atoms with Crippen LogP contribution in [0, 0.1) is 12.7 Å². The molecule has 0 unspecified atom stereocenters. The third kappa shape index (κ3) is 5.32. The molecule has 1 aromatic heterocycles. The van der Waals surface area contributed by atoms with Gasteiger partial charge in [0.2, 0.25) is 0 Å². The minimum Gasteiger partial charge on any atom is -0.321 e. The van der Waals surface area contributed by atoms with E-state index in [4.69, 9.17) is 0 Å². The summed E-state index contributed by atoms with van der Waals surface area (Å²) in [5.74, 6) is -2.25. The van der Waals surface area contributed by atoms with Crippen LogP contribution in [-0.2, 0) is 6.18 Å². The van der Waals surface area contributed by atoms with Gasteiger partial charge in [0.25, 0.3) is 5.91 Å². The van der Waals surface area contributed by atoms with Gasteiger partial charge in [0.1, 0.15) is 11.5 Å². The van der Waals surface area contributed by atoms with Gasteiger partial charge in [0, 0.05) is 16.8 Å². The molecule has 3 N–H and O–H groups in total. The molecule has 0 saturated heterocycles. The van der Waals surface area contributed by atoms with Crippen LogP contribution in [0.2, 0.25) is 0 Å². The highest BCUT2D eigenvalue weighted by atomic mass is 32.1. The van der Waals surface area contributed by atoms with E-state index in [2.05, 4.69) is 20.9 Å². The van der Waals surface area contributed by atoms with Crippen LogP contribution in [0.5, 0.6) is 0 Å². The number of anilines is 3. The summed E-state index contributed by atoms with van der Waals surface area (Å²) in [5.41, 5.74) is -0.333. The number of carbonyl (C=O) groups is 2. The Labute approximate surface area is 172 Å². The summed E-state index contributed by atoms with van der Waals surface area (Å²) >= 11 is 0.956. The predicted molar refractivity (Wildman–Crippen MR) is 105 cm³/mol. The van der Waals surface area contributed by atoms with Gasteiger partial charge in [-0.2, -0.15) is 13.2 Å². The zero-order valence-corrected chi connectivity index (χ0v) is 16.1. The largest absolute Gasteiger partial charge is 0.419 e. The van der Waals surface area contributed by atoms with Crippen LogP contribution in [-0.4, -0.2) is 16.9 Å². The lowest BCUT2D eigenvalue weighted by Gasteiger charge is -2.10. The van der Waals surface area contributed by atoms with Crippen molar-refractivity contribution in [3.05, 3.63) is 70.5 Å². The molecule has 2 aromatic carbocycles. The molecule has 0 fully saturated rings. The molecule has 0 aliphatic rings. The number of hydrogen-bond acceptors (Lipinski definition) is 4. The number of nitrogens with zero attached hydrogens (tertiary/aromatic N) is 1. The van der Waals surface area contributed by atoms with Gasteiger partial charge in [-0.25, -0.2) is 14.2 Å². The lowest BCUT2D eigenvalue weighted by Crippen LogP contribution is -2.19. The van der Waals surface area contributed by atoms with Gasteiger partial charge < -0.3 is 10.6 Å². The van der Waals surface area contributed by atoms with Gasteiger partial charge in [-0.1, -0.05) is 12.1 Å². The summed E-state index contributed by atoms with van der Waals surface area (Å²) in [6.07, 6.45) is -4.90. The van der Waals surface area contributed by atoms with Crippen LogP contribution < -0.4 is 16.0 Å². The molecule has 0 bridgehead atoms. The second-order valence-corrected chi connectivity index (χ2v) is 6.99. The van der Waals surface area contributed by atoms with Crippen LogP contribution in [0.15, 0.2) is 47.8 Å². The lowest BCUT2D eigenvalue weighted by atomic mass is 10.2. The van der Waals surface area contributed by atoms with Gasteiger partial charge in [0.05, 0.1) is 5.56 Å². The molecule has 0 spiro atoms. The van der Waals surface area contributed by atoms with Gasteiger partial charge in [-0.05, 0) is 42.8 Å². The first-order valence-electron chi connectivity index (χ1n) is 8.40. The number of amides is 3. The van der Waals surface area contributed by atoms with E-state index in [-0.39, 0.29) is 16.5 Å². The Morgan fingerprint density at radius 2 is 1.73 bits per heavy atom. The molecule has 3 rings (SSSR count). The highest BCUT2D eigenvalue weighted by Crippen LogP contribution is 2.33. The highest BCUT2D eigenvalue weighted by Gasteiger charge is 2.34. The third-order valence-corrected chi connectivity index (χ3v) is 4.52. The van der Waals surface area contributed by atoms with E-state index in [1.165, 1.54) is 5.38 Å². The molecule has 0 radical (unpaired) electrons. The van der Waals surface area contributed by atoms with Gasteiger partial charge in [-0.15, -0.1) is 11.3 Å². The number of halogens is 4. The first-order chi connectivity index (χ1) is 14.1. The van der Waals surface area contributed by atoms with Crippen LogP contribution in [0.4, 0.5) is 38.9 Å². The Balaban J connectivity index is 1.64. The Hall–Kier alpha value is -3.47. The number of urea groups is 1. The summed E-state index contributed by atoms with van der Waals surface area (Å²) in [6, 6.07) is 8.64. The maximum absolute atomic E-state index is 13.3. The van der Waals surface area contributed by atoms with Crippen molar-refractivity contribution in [3.63, 3.8) is 0 Å². The summed E-state index contributed by atoms with van der Waals surface area (Å²) in [4.78, 5) is 28.2. The molecule has 30 heavy (non-hydrogen) atoms. The Kier molecular flexibility index (Phi) is 6.01. The van der Waals surface area contributed by atoms with E-state index in [9.17, 15) is 27.2 Å². The number of hydrogen-bond donors (Lipinski definition) is 3. The quantitative estimate of drug-likeness (QED) is 0.470. The molecule has 156 valence electrons. The van der Waals surface area contributed by atoms with E-state index in [1.54, 1.807) is 18.2 Å². The normalized spacial score (nSPS) is 11.1. The Bertz CT molecular complexity index is 1100. The topological polar surface area (TPSA) is 83.1 Å². The second kappa shape index (κ2) is 8.49. The van der Waals surface area contributed by atoms with Crippen molar-refractivity contribution in [2.75, 3.05) is 16.0 Å². The van der Waals surface area contributed by atoms with Crippen LogP contribution in [0.25, 0.3) is 0 Å². The first kappa shape index (κ1) is 21.2. The smallest absolute Gasteiger partial charge is 0.321 e. The standard InChI is InChI=1S/C19H14F4N4O2S/c1-10-3-2-4-11(7-10)25-17(29)27-18-26-15(9-30-18)16(28)24-12-5-6-14(20)13(8-12)19(21,22)23/h2-9H,1H3,(H,24,28)(H2,25,26,27,29). The fourth-order valence-corrected chi connectivity index (χ4v) is 3.12. The monoisotopic (exact) mass is 438 g/mol. The maximum Gasteiger partial charge on any atom is 0.419 e. The summed E-state index contributed by atoms with van der Waals surface area (Å²) < 4.78 is 51.7. The molecule has 0 aliphatic carbocycles. The molecule has 3 aromatic rings. The number of aromatic nitrogens is 1. The lowest BCUT2D eigenvalue weighted by molar-refractivity contribution is -0.139. The molecule has 0 aliphatic heterocycles. The van der Waals surface area contributed by atoms with Crippen LogP contribution >= 0.6 is 11.3 Å².